The molecular formula is C32H44O7. The molecule has 1 heterocycles. The van der Waals surface area contributed by atoms with Gasteiger partial charge in [-0.1, -0.05) is 58.6 Å². The summed E-state index contributed by atoms with van der Waals surface area (Å²) in [5.41, 5.74) is -1.17. The Kier molecular flexibility index (Phi) is 6.44. The molecule has 6 aliphatic rings. The van der Waals surface area contributed by atoms with Gasteiger partial charge in [0.25, 0.3) is 0 Å². The fourth-order valence-corrected chi connectivity index (χ4v) is 9.58. The number of ether oxygens (including phenoxy) is 3. The topological polar surface area (TPSA) is 99.1 Å². The molecule has 0 aromatic carbocycles. The molecule has 0 bridgehead atoms. The smallest absolute Gasteiger partial charge is 0.308 e. The molecule has 1 saturated heterocycles. The van der Waals surface area contributed by atoms with Crippen LogP contribution in [0, 0.1) is 40.4 Å². The molecule has 6 rings (SSSR count). The normalized spacial score (nSPS) is 45.6. The van der Waals surface area contributed by atoms with Crippen LogP contribution >= 0.6 is 0 Å². The minimum absolute atomic E-state index is 0.00585. The largest absolute Gasteiger partial charge is 0.457 e. The quantitative estimate of drug-likeness (QED) is 0.487. The van der Waals surface area contributed by atoms with Gasteiger partial charge in [-0.2, -0.15) is 0 Å². The van der Waals surface area contributed by atoms with E-state index in [0.717, 1.165) is 44.1 Å². The van der Waals surface area contributed by atoms with Crippen molar-refractivity contribution in [1.82, 2.24) is 0 Å². The van der Waals surface area contributed by atoms with Crippen molar-refractivity contribution >= 4 is 17.5 Å². The van der Waals surface area contributed by atoms with Crippen LogP contribution in [-0.4, -0.2) is 54.8 Å². The van der Waals surface area contributed by atoms with Crippen LogP contribution in [0.25, 0.3) is 0 Å². The minimum Gasteiger partial charge on any atom is -0.457 e. The molecule has 5 aliphatic carbocycles. The number of esters is 1. The first-order chi connectivity index (χ1) is 19.0. The van der Waals surface area contributed by atoms with Crippen molar-refractivity contribution in [1.29, 1.82) is 1.43 Å². The van der Waals surface area contributed by atoms with Gasteiger partial charge < -0.3 is 19.3 Å². The van der Waals surface area contributed by atoms with Crippen molar-refractivity contribution in [3.63, 3.8) is 0 Å². The van der Waals surface area contributed by atoms with Crippen LogP contribution < -0.4 is 0 Å². The number of hydrogen-bond acceptors (Lipinski definition) is 7. The molecule has 5 fully saturated rings. The van der Waals surface area contributed by atoms with Crippen LogP contribution in [-0.2, 0) is 28.6 Å². The van der Waals surface area contributed by atoms with E-state index in [9.17, 15) is 14.4 Å². The van der Waals surface area contributed by atoms with Gasteiger partial charge in [0.15, 0.2) is 24.3 Å². The van der Waals surface area contributed by atoms with Crippen molar-refractivity contribution in [2.45, 2.75) is 110 Å². The lowest BCUT2D eigenvalue weighted by Crippen LogP contribution is -2.63. The molecule has 39 heavy (non-hydrogen) atoms. The third-order valence-electron chi connectivity index (χ3n) is 11.5. The van der Waals surface area contributed by atoms with Crippen molar-refractivity contribution in [3.8, 4) is 0 Å². The zero-order valence-corrected chi connectivity index (χ0v) is 23.8. The van der Waals surface area contributed by atoms with Crippen LogP contribution in [0.5, 0.6) is 0 Å². The highest BCUT2D eigenvalue weighted by Gasteiger charge is 2.76. The number of hydrogen-bond donors (Lipinski definition) is 1. The molecule has 4 saturated carbocycles. The monoisotopic (exact) mass is 541 g/mol. The van der Waals surface area contributed by atoms with Crippen LogP contribution in [0.4, 0.5) is 0 Å². The molecule has 9 atom stereocenters. The fraction of sp³-hybridized carbons (Fsp3) is 0.781. The van der Waals surface area contributed by atoms with Gasteiger partial charge in [0.1, 0.15) is 0 Å². The van der Waals surface area contributed by atoms with Crippen LogP contribution in [0.15, 0.2) is 23.8 Å². The Labute approximate surface area is 233 Å². The SMILES string of the molecule is [2H]O[C@H]1C[C@@]2(C)C(C[C@@H]3O[C@H](C4CCCCC4)O[C@]32C(=O)COC(=O)C(C)C)C2CCC3=CC(=O)C=C[C@]3(C)C21. The zero-order valence-electron chi connectivity index (χ0n) is 24.8. The average molecular weight is 542 g/mol. The first kappa shape index (κ1) is 26.1. The Bertz CT molecular complexity index is 1120. The molecule has 1 N–H and O–H groups in total. The standard InChI is InChI=1S/C32H44O7/c1-18(2)28(36)37-17-25(35)32-26(38-29(39-32)19-8-6-5-7-9-19)15-23-22-11-10-20-14-21(33)12-13-30(20,3)27(22)24(34)16-31(23,32)4/h12-14,18-19,22-24,26-27,29,34H,5-11,15-17H2,1-4H3/t22?,23?,24-,26-,27?,29-,30-,31-,32+/m0/s1/i34D. The highest BCUT2D eigenvalue weighted by atomic mass is 16.7. The second kappa shape index (κ2) is 9.63. The maximum Gasteiger partial charge on any atom is 0.308 e. The summed E-state index contributed by atoms with van der Waals surface area (Å²) in [7, 11) is 0. The van der Waals surface area contributed by atoms with Gasteiger partial charge in [-0.25, -0.2) is 0 Å². The van der Waals surface area contributed by atoms with Gasteiger partial charge in [-0.3, -0.25) is 14.4 Å². The summed E-state index contributed by atoms with van der Waals surface area (Å²) in [5.74, 6) is -0.428. The maximum absolute atomic E-state index is 14.3. The number of aliphatic hydroxyl groups excluding tert-OH is 1. The van der Waals surface area contributed by atoms with E-state index in [0.29, 0.717) is 12.8 Å². The first-order valence-corrected chi connectivity index (χ1v) is 15.1. The fourth-order valence-electron chi connectivity index (χ4n) is 9.58. The van der Waals surface area contributed by atoms with Gasteiger partial charge in [0, 0.05) is 22.7 Å². The number of ketones is 2. The minimum atomic E-state index is -1.26. The molecule has 0 radical (unpaired) electrons. The number of rotatable bonds is 6. The predicted octanol–water partition coefficient (Wildman–Crippen LogP) is 4.70. The van der Waals surface area contributed by atoms with E-state index in [1.807, 2.05) is 6.08 Å². The molecule has 0 spiro atoms. The second-order valence-electron chi connectivity index (χ2n) is 13.8. The maximum atomic E-state index is 14.3. The van der Waals surface area contributed by atoms with Crippen LogP contribution in [0.1, 0.15) is 85.5 Å². The lowest BCUT2D eigenvalue weighted by atomic mass is 9.46. The van der Waals surface area contributed by atoms with Crippen molar-refractivity contribution < 1.29 is 33.7 Å². The third kappa shape index (κ3) is 3.97. The Balaban J connectivity index is 1.37. The molecule has 7 heteroatoms. The molecule has 0 aromatic heterocycles. The highest BCUT2D eigenvalue weighted by Crippen LogP contribution is 2.70. The summed E-state index contributed by atoms with van der Waals surface area (Å²) in [6.07, 6.45) is 12.4. The number of aliphatic hydroxyl groups is 1. The zero-order chi connectivity index (χ0) is 28.4. The van der Waals surface area contributed by atoms with E-state index in [-0.39, 0.29) is 53.2 Å². The van der Waals surface area contributed by atoms with E-state index < -0.39 is 35.5 Å². The lowest BCUT2D eigenvalue weighted by Gasteiger charge is -2.59. The highest BCUT2D eigenvalue weighted by molar-refractivity contribution is 6.01. The van der Waals surface area contributed by atoms with Crippen molar-refractivity contribution in [2.75, 3.05) is 6.61 Å². The van der Waals surface area contributed by atoms with E-state index in [4.69, 9.17) is 20.8 Å². The van der Waals surface area contributed by atoms with E-state index in [2.05, 4.69) is 13.8 Å². The number of allylic oxidation sites excluding steroid dienone is 4. The van der Waals surface area contributed by atoms with E-state index in [1.165, 1.54) is 6.42 Å². The lowest BCUT2D eigenvalue weighted by molar-refractivity contribution is -0.210. The van der Waals surface area contributed by atoms with Gasteiger partial charge in [0.2, 0.25) is 7.21 Å². The van der Waals surface area contributed by atoms with Crippen molar-refractivity contribution in [3.05, 3.63) is 23.8 Å². The summed E-state index contributed by atoms with van der Waals surface area (Å²) in [4.78, 5) is 38.9. The summed E-state index contributed by atoms with van der Waals surface area (Å²) in [6, 6.07) is 0. The van der Waals surface area contributed by atoms with E-state index in [1.54, 1.807) is 26.0 Å². The second-order valence-corrected chi connectivity index (χ2v) is 13.8. The molecule has 214 valence electrons. The average Bonchev–Trinajstić information content (AvgIpc) is 3.45. The predicted molar refractivity (Wildman–Crippen MR) is 143 cm³/mol. The van der Waals surface area contributed by atoms with Crippen molar-refractivity contribution in [2.24, 2.45) is 40.4 Å². The van der Waals surface area contributed by atoms with Gasteiger partial charge >= 0.3 is 5.97 Å². The van der Waals surface area contributed by atoms with Crippen LogP contribution in [0.3, 0.4) is 0 Å². The Morgan fingerprint density at radius 3 is 2.69 bits per heavy atom. The molecular weight excluding hydrogens is 496 g/mol. The molecule has 7 nitrogen and oxygen atoms in total. The van der Waals surface area contributed by atoms with E-state index >= 15 is 0 Å². The Morgan fingerprint density at radius 1 is 1.21 bits per heavy atom. The summed E-state index contributed by atoms with van der Waals surface area (Å²) < 4.78 is 27.3. The van der Waals surface area contributed by atoms with Gasteiger partial charge in [0.05, 0.1) is 18.1 Å². The molecule has 3 unspecified atom stereocenters. The number of carbonyl (C=O) groups excluding carboxylic acids is 3. The Hall–Kier alpha value is -1.83. The first-order valence-electron chi connectivity index (χ1n) is 15.6. The Morgan fingerprint density at radius 2 is 1.97 bits per heavy atom. The molecule has 1 aliphatic heterocycles. The van der Waals surface area contributed by atoms with Crippen LogP contribution in [0.2, 0.25) is 0 Å². The van der Waals surface area contributed by atoms with Gasteiger partial charge in [-0.05, 0) is 62.5 Å². The third-order valence-corrected chi connectivity index (χ3v) is 11.5. The number of fused-ring (bicyclic) bond motifs is 7. The molecule has 0 amide bonds. The summed E-state index contributed by atoms with van der Waals surface area (Å²) >= 11 is 0. The number of carbonyl (C=O) groups is 3. The number of Topliss-reactive ketones (excluding diaryl/α,β-unsaturated/α-hetero) is 1. The molecule has 0 aromatic rings. The summed E-state index contributed by atoms with van der Waals surface area (Å²) in [6.45, 7) is 7.47. The summed E-state index contributed by atoms with van der Waals surface area (Å²) in [5, 5.41) is 5.53. The van der Waals surface area contributed by atoms with Gasteiger partial charge in [-0.15, -0.1) is 0 Å².